The van der Waals surface area contributed by atoms with Crippen LogP contribution in [0.5, 0.6) is 0 Å². The van der Waals surface area contributed by atoms with Crippen LogP contribution in [0.2, 0.25) is 0 Å². The highest BCUT2D eigenvalue weighted by Crippen LogP contribution is 2.23. The van der Waals surface area contributed by atoms with Gasteiger partial charge in [0.15, 0.2) is 0 Å². The second-order valence-electron chi connectivity index (χ2n) is 5.72. The van der Waals surface area contributed by atoms with Crippen molar-refractivity contribution in [3.63, 3.8) is 0 Å². The predicted molar refractivity (Wildman–Crippen MR) is 104 cm³/mol. The Labute approximate surface area is 142 Å². The third-order valence-corrected chi connectivity index (χ3v) is 3.50. The summed E-state index contributed by atoms with van der Waals surface area (Å²) in [6.45, 7) is 11.1. The van der Waals surface area contributed by atoms with Gasteiger partial charge in [-0.2, -0.15) is 0 Å². The van der Waals surface area contributed by atoms with Gasteiger partial charge in [0.05, 0.1) is 0 Å². The van der Waals surface area contributed by atoms with E-state index in [4.69, 9.17) is 10.8 Å². The lowest BCUT2D eigenvalue weighted by Gasteiger charge is -2.10. The summed E-state index contributed by atoms with van der Waals surface area (Å²) in [7, 11) is 0. The molecule has 2 rings (SSSR count). The minimum atomic E-state index is 0.318. The molecule has 0 bridgehead atoms. The molecule has 4 N–H and O–H groups in total. The number of hydrogen-bond acceptors (Lipinski definition) is 2. The van der Waals surface area contributed by atoms with Crippen LogP contribution in [0.3, 0.4) is 0 Å². The van der Waals surface area contributed by atoms with Gasteiger partial charge < -0.3 is 10.6 Å². The Balaban J connectivity index is 2.09. The Kier molecular flexibility index (Phi) is 5.32. The molecule has 2 aromatic carbocycles. The van der Waals surface area contributed by atoms with Crippen LogP contribution in [0.15, 0.2) is 72.8 Å². The van der Waals surface area contributed by atoms with Gasteiger partial charge in [0.2, 0.25) is 0 Å². The van der Waals surface area contributed by atoms with Crippen molar-refractivity contribution in [3.05, 3.63) is 72.8 Å². The Morgan fingerprint density at radius 1 is 0.667 bits per heavy atom. The third kappa shape index (κ3) is 4.43. The molecule has 0 saturated carbocycles. The van der Waals surface area contributed by atoms with Gasteiger partial charge in [-0.25, -0.2) is 0 Å². The first-order chi connectivity index (χ1) is 11.4. The first kappa shape index (κ1) is 17.2. The second kappa shape index (κ2) is 7.42. The van der Waals surface area contributed by atoms with Crippen LogP contribution < -0.4 is 10.6 Å². The number of benzene rings is 2. The molecule has 0 radical (unpaired) electrons. The van der Waals surface area contributed by atoms with Crippen molar-refractivity contribution in [1.82, 2.24) is 0 Å². The molecule has 24 heavy (non-hydrogen) atoms. The van der Waals surface area contributed by atoms with Crippen molar-refractivity contribution in [3.8, 4) is 11.1 Å². The largest absolute Gasteiger partial charge is 0.341 e. The molecule has 0 aromatic heterocycles. The monoisotopic (exact) mass is 318 g/mol. The van der Waals surface area contributed by atoms with Crippen LogP contribution in [0.1, 0.15) is 13.8 Å². The number of nitrogens with one attached hydrogen (secondary N) is 4. The van der Waals surface area contributed by atoms with Crippen LogP contribution in [-0.2, 0) is 0 Å². The topological polar surface area (TPSA) is 71.8 Å². The maximum Gasteiger partial charge on any atom is 0.124 e. The van der Waals surface area contributed by atoms with E-state index in [1.165, 1.54) is 0 Å². The molecule has 0 heterocycles. The first-order valence-corrected chi connectivity index (χ1v) is 7.60. The van der Waals surface area contributed by atoms with Gasteiger partial charge in [0, 0.05) is 11.4 Å². The van der Waals surface area contributed by atoms with E-state index in [1.54, 1.807) is 13.8 Å². The third-order valence-electron chi connectivity index (χ3n) is 3.50. The lowest BCUT2D eigenvalue weighted by molar-refractivity contribution is 1.42. The Bertz CT molecular complexity index is 714. The van der Waals surface area contributed by atoms with E-state index in [9.17, 15) is 0 Å². The summed E-state index contributed by atoms with van der Waals surface area (Å²) >= 11 is 0. The van der Waals surface area contributed by atoms with Crippen molar-refractivity contribution in [2.24, 2.45) is 0 Å². The zero-order chi connectivity index (χ0) is 17.7. The van der Waals surface area contributed by atoms with Crippen LogP contribution in [0, 0.1) is 10.8 Å². The Hall–Kier alpha value is -3.14. The minimum absolute atomic E-state index is 0.318. The molecule has 4 heteroatoms. The Morgan fingerprint density at radius 2 is 0.958 bits per heavy atom. The fourth-order valence-corrected chi connectivity index (χ4v) is 1.99. The molecule has 4 nitrogen and oxygen atoms in total. The maximum absolute atomic E-state index is 7.77. The van der Waals surface area contributed by atoms with Crippen LogP contribution >= 0.6 is 0 Å². The van der Waals surface area contributed by atoms with Gasteiger partial charge in [-0.15, -0.1) is 0 Å². The fraction of sp³-hybridized carbons (Fsp3) is 0.100. The highest BCUT2D eigenvalue weighted by Gasteiger charge is 2.02. The number of hydrogen-bond donors (Lipinski definition) is 4. The van der Waals surface area contributed by atoms with E-state index in [0.717, 1.165) is 22.5 Å². The van der Waals surface area contributed by atoms with E-state index in [2.05, 4.69) is 23.8 Å². The molecule has 0 aliphatic heterocycles. The molecule has 0 unspecified atom stereocenters. The smallest absolute Gasteiger partial charge is 0.124 e. The van der Waals surface area contributed by atoms with E-state index in [0.29, 0.717) is 22.8 Å². The zero-order valence-electron chi connectivity index (χ0n) is 14.0. The van der Waals surface area contributed by atoms with Crippen molar-refractivity contribution in [1.29, 1.82) is 10.8 Å². The molecule has 2 aromatic rings. The van der Waals surface area contributed by atoms with Gasteiger partial charge in [-0.3, -0.25) is 10.8 Å². The first-order valence-electron chi connectivity index (χ1n) is 7.60. The summed E-state index contributed by atoms with van der Waals surface area (Å²) in [5.74, 6) is 0.635. The maximum atomic E-state index is 7.77. The minimum Gasteiger partial charge on any atom is -0.341 e. The van der Waals surface area contributed by atoms with E-state index < -0.39 is 0 Å². The van der Waals surface area contributed by atoms with E-state index >= 15 is 0 Å². The second-order valence-corrected chi connectivity index (χ2v) is 5.72. The zero-order valence-corrected chi connectivity index (χ0v) is 14.0. The van der Waals surface area contributed by atoms with Crippen molar-refractivity contribution >= 4 is 23.0 Å². The van der Waals surface area contributed by atoms with Crippen LogP contribution in [-0.4, -0.2) is 11.7 Å². The quantitative estimate of drug-likeness (QED) is 0.447. The fourth-order valence-electron chi connectivity index (χ4n) is 1.99. The molecule has 0 saturated heterocycles. The van der Waals surface area contributed by atoms with Gasteiger partial charge in [0.25, 0.3) is 0 Å². The summed E-state index contributed by atoms with van der Waals surface area (Å²) in [6, 6.07) is 15.8. The standard InChI is InChI=1S/C20H22N4/c1-13(2)19(21)23-17-9-5-15(6-10-17)16-7-11-18(12-8-16)24-20(22)14(3)4/h5-12H,1,3H2,2,4H3,(H2,21,23)(H2,22,24). The van der Waals surface area contributed by atoms with Crippen molar-refractivity contribution in [2.45, 2.75) is 13.8 Å². The molecule has 0 aliphatic rings. The van der Waals surface area contributed by atoms with Gasteiger partial charge >= 0.3 is 0 Å². The highest BCUT2D eigenvalue weighted by molar-refractivity contribution is 6.05. The number of amidine groups is 2. The van der Waals surface area contributed by atoms with E-state index in [-0.39, 0.29) is 0 Å². The summed E-state index contributed by atoms with van der Waals surface area (Å²) in [6.07, 6.45) is 0. The summed E-state index contributed by atoms with van der Waals surface area (Å²) in [5, 5.41) is 21.5. The molecular formula is C20H22N4. The molecule has 0 spiro atoms. The molecule has 0 aliphatic carbocycles. The SMILES string of the molecule is C=C(C)C(=N)Nc1ccc(-c2ccc(NC(=N)C(=C)C)cc2)cc1. The van der Waals surface area contributed by atoms with Gasteiger partial charge in [-0.1, -0.05) is 37.4 Å². The summed E-state index contributed by atoms with van der Waals surface area (Å²) in [5.41, 5.74) is 5.29. The molecule has 0 fully saturated rings. The summed E-state index contributed by atoms with van der Waals surface area (Å²) < 4.78 is 0. The van der Waals surface area contributed by atoms with Crippen molar-refractivity contribution < 1.29 is 0 Å². The van der Waals surface area contributed by atoms with Crippen LogP contribution in [0.25, 0.3) is 11.1 Å². The van der Waals surface area contributed by atoms with E-state index in [1.807, 2.05) is 48.5 Å². The molecular weight excluding hydrogens is 296 g/mol. The summed E-state index contributed by atoms with van der Waals surface area (Å²) in [4.78, 5) is 0. The van der Waals surface area contributed by atoms with Crippen LogP contribution in [0.4, 0.5) is 11.4 Å². The molecule has 122 valence electrons. The van der Waals surface area contributed by atoms with Gasteiger partial charge in [0.1, 0.15) is 11.7 Å². The number of anilines is 2. The predicted octanol–water partition coefficient (Wildman–Crippen LogP) is 5.28. The average Bonchev–Trinajstić information content (AvgIpc) is 2.56. The lowest BCUT2D eigenvalue weighted by Crippen LogP contribution is -2.10. The number of rotatable bonds is 5. The van der Waals surface area contributed by atoms with Crippen molar-refractivity contribution in [2.75, 3.05) is 10.6 Å². The molecule has 0 atom stereocenters. The highest BCUT2D eigenvalue weighted by atomic mass is 14.9. The van der Waals surface area contributed by atoms with Gasteiger partial charge in [-0.05, 0) is 60.4 Å². The Morgan fingerprint density at radius 3 is 1.21 bits per heavy atom. The molecule has 0 amide bonds. The average molecular weight is 318 g/mol. The normalized spacial score (nSPS) is 9.92. The lowest BCUT2D eigenvalue weighted by atomic mass is 10.0.